The summed E-state index contributed by atoms with van der Waals surface area (Å²) in [7, 11) is -3.60. The van der Waals surface area contributed by atoms with Crippen molar-refractivity contribution in [3.8, 4) is 0 Å². The molecule has 2 heterocycles. The van der Waals surface area contributed by atoms with Crippen molar-refractivity contribution in [2.45, 2.75) is 30.6 Å². The molecule has 2 aromatic carbocycles. The van der Waals surface area contributed by atoms with E-state index in [1.165, 1.54) is 16.4 Å². The zero-order chi connectivity index (χ0) is 21.8. The molecular formula is C20H22ClN5O4S. The summed E-state index contributed by atoms with van der Waals surface area (Å²) in [6.07, 6.45) is 3.79. The Morgan fingerprint density at radius 3 is 2.65 bits per heavy atom. The number of nitrogens with zero attached hydrogens (tertiary/aromatic N) is 4. The summed E-state index contributed by atoms with van der Waals surface area (Å²) in [6.45, 7) is 0.694. The van der Waals surface area contributed by atoms with Crippen LogP contribution in [0.2, 0.25) is 5.02 Å². The van der Waals surface area contributed by atoms with Crippen LogP contribution in [0.3, 0.4) is 0 Å². The van der Waals surface area contributed by atoms with Crippen LogP contribution in [0.1, 0.15) is 25.7 Å². The minimum atomic E-state index is -3.60. The molecule has 0 radical (unpaired) electrons. The molecule has 1 saturated heterocycles. The molecule has 0 saturated carbocycles. The smallest absolute Gasteiger partial charge is 0.265 e. The number of hydrogen-bond donors (Lipinski definition) is 1. The molecule has 0 bridgehead atoms. The van der Waals surface area contributed by atoms with Gasteiger partial charge in [0.15, 0.2) is 6.61 Å². The highest BCUT2D eigenvalue weighted by Crippen LogP contribution is 2.22. The molecule has 0 aliphatic carbocycles. The minimum Gasteiger partial charge on any atom is -0.385 e. The molecule has 0 unspecified atom stereocenters. The number of rotatable bonds is 6. The molecule has 11 heteroatoms. The number of amides is 1. The van der Waals surface area contributed by atoms with Crippen molar-refractivity contribution < 1.29 is 18.0 Å². The molecule has 1 fully saturated rings. The van der Waals surface area contributed by atoms with Crippen molar-refractivity contribution >= 4 is 44.3 Å². The van der Waals surface area contributed by atoms with Crippen LogP contribution in [-0.4, -0.2) is 53.5 Å². The maximum absolute atomic E-state index is 13.0. The van der Waals surface area contributed by atoms with Crippen LogP contribution in [0, 0.1) is 0 Å². The highest BCUT2D eigenvalue weighted by molar-refractivity contribution is 7.89. The molecule has 1 aliphatic heterocycles. The number of aromatic nitrogens is 3. The highest BCUT2D eigenvalue weighted by atomic mass is 35.5. The van der Waals surface area contributed by atoms with Gasteiger partial charge in [0, 0.05) is 23.8 Å². The first-order chi connectivity index (χ1) is 14.9. The molecule has 0 spiro atoms. The fraction of sp³-hybridized carbons (Fsp3) is 0.350. The first kappa shape index (κ1) is 21.5. The zero-order valence-corrected chi connectivity index (χ0v) is 18.3. The largest absolute Gasteiger partial charge is 0.385 e. The lowest BCUT2D eigenvalue weighted by atomic mass is 10.2. The van der Waals surface area contributed by atoms with Crippen LogP contribution >= 0.6 is 11.6 Å². The van der Waals surface area contributed by atoms with Gasteiger partial charge in [-0.3, -0.25) is 4.79 Å². The van der Waals surface area contributed by atoms with E-state index in [-0.39, 0.29) is 11.5 Å². The van der Waals surface area contributed by atoms with Crippen molar-refractivity contribution in [3.63, 3.8) is 0 Å². The van der Waals surface area contributed by atoms with E-state index in [9.17, 15) is 13.2 Å². The van der Waals surface area contributed by atoms with Crippen LogP contribution in [-0.2, 0) is 14.8 Å². The van der Waals surface area contributed by atoms with E-state index in [2.05, 4.69) is 15.6 Å². The van der Waals surface area contributed by atoms with Gasteiger partial charge in [0.05, 0.1) is 4.90 Å². The maximum Gasteiger partial charge on any atom is 0.265 e. The van der Waals surface area contributed by atoms with Crippen molar-refractivity contribution in [2.24, 2.45) is 0 Å². The van der Waals surface area contributed by atoms with Crippen LogP contribution in [0.5, 0.6) is 0 Å². The van der Waals surface area contributed by atoms with E-state index in [1.807, 2.05) is 0 Å². The molecule has 1 aliphatic rings. The van der Waals surface area contributed by atoms with Gasteiger partial charge in [0.1, 0.15) is 11.0 Å². The normalized spacial score (nSPS) is 15.5. The highest BCUT2D eigenvalue weighted by Gasteiger charge is 2.25. The van der Waals surface area contributed by atoms with Gasteiger partial charge in [-0.05, 0) is 54.5 Å². The van der Waals surface area contributed by atoms with Gasteiger partial charge in [0.2, 0.25) is 10.0 Å². The minimum absolute atomic E-state index is 0.157. The van der Waals surface area contributed by atoms with Gasteiger partial charge in [0.25, 0.3) is 5.91 Å². The number of carbonyl (C=O) groups is 1. The standard InChI is InChI=1S/C20H22ClN5O4S/c21-15-8-9-18-19(12-15)26(24-23-18)30-14-20(27)22-16-6-5-7-17(13-16)31(28,29)25-10-3-1-2-4-11-25/h5-9,12-13H,1-4,10-11,14H2,(H,22,27). The second kappa shape index (κ2) is 9.21. The Morgan fingerprint density at radius 1 is 1.10 bits per heavy atom. The predicted molar refractivity (Wildman–Crippen MR) is 116 cm³/mol. The van der Waals surface area contributed by atoms with Gasteiger partial charge in [-0.15, -0.1) is 5.10 Å². The Hall–Kier alpha value is -2.69. The number of sulfonamides is 1. The topological polar surface area (TPSA) is 106 Å². The number of anilines is 1. The Morgan fingerprint density at radius 2 is 1.87 bits per heavy atom. The third-order valence-electron chi connectivity index (χ3n) is 5.02. The van der Waals surface area contributed by atoms with Crippen LogP contribution < -0.4 is 10.2 Å². The summed E-state index contributed by atoms with van der Waals surface area (Å²) in [5.41, 5.74) is 1.48. The quantitative estimate of drug-likeness (QED) is 0.602. The van der Waals surface area contributed by atoms with Gasteiger partial charge >= 0.3 is 0 Å². The van der Waals surface area contributed by atoms with Gasteiger partial charge in [-0.25, -0.2) is 8.42 Å². The molecule has 3 aromatic rings. The molecule has 1 N–H and O–H groups in total. The molecule has 4 rings (SSSR count). The molecule has 1 aromatic heterocycles. The summed E-state index contributed by atoms with van der Waals surface area (Å²) in [5, 5.41) is 10.9. The SMILES string of the molecule is O=C(COn1nnc2ccc(Cl)cc21)Nc1cccc(S(=O)(=O)N2CCCCCC2)c1. The number of nitrogens with one attached hydrogen (secondary N) is 1. The third kappa shape index (κ3) is 4.97. The van der Waals surface area contributed by atoms with Crippen LogP contribution in [0.15, 0.2) is 47.4 Å². The predicted octanol–water partition coefficient (Wildman–Crippen LogP) is 2.72. The van der Waals surface area contributed by atoms with Crippen molar-refractivity contribution in [1.82, 2.24) is 19.5 Å². The number of hydrogen-bond acceptors (Lipinski definition) is 6. The van der Waals surface area contributed by atoms with E-state index in [4.69, 9.17) is 16.4 Å². The zero-order valence-electron chi connectivity index (χ0n) is 16.7. The molecule has 0 atom stereocenters. The summed E-state index contributed by atoms with van der Waals surface area (Å²) in [4.78, 5) is 19.0. The second-order valence-electron chi connectivity index (χ2n) is 7.26. The van der Waals surface area contributed by atoms with Crippen LogP contribution in [0.4, 0.5) is 5.69 Å². The second-order valence-corrected chi connectivity index (χ2v) is 9.64. The Labute approximate surface area is 184 Å². The number of fused-ring (bicyclic) bond motifs is 1. The van der Waals surface area contributed by atoms with Gasteiger partial charge < -0.3 is 10.2 Å². The molecule has 1 amide bonds. The third-order valence-corrected chi connectivity index (χ3v) is 7.15. The number of benzene rings is 2. The Kier molecular flexibility index (Phi) is 6.40. The lowest BCUT2D eigenvalue weighted by Gasteiger charge is -2.20. The van der Waals surface area contributed by atoms with Crippen molar-refractivity contribution in [1.29, 1.82) is 0 Å². The maximum atomic E-state index is 13.0. The molecule has 164 valence electrons. The lowest BCUT2D eigenvalue weighted by Crippen LogP contribution is -2.32. The van der Waals surface area contributed by atoms with E-state index < -0.39 is 15.9 Å². The number of carbonyl (C=O) groups excluding carboxylic acids is 1. The van der Waals surface area contributed by atoms with E-state index in [0.717, 1.165) is 30.5 Å². The summed E-state index contributed by atoms with van der Waals surface area (Å²) >= 11 is 5.98. The summed E-state index contributed by atoms with van der Waals surface area (Å²) in [5.74, 6) is -0.463. The Bertz CT molecular complexity index is 1190. The first-order valence-corrected chi connectivity index (χ1v) is 11.8. The van der Waals surface area contributed by atoms with Crippen molar-refractivity contribution in [2.75, 3.05) is 25.0 Å². The molecule has 31 heavy (non-hydrogen) atoms. The molecular weight excluding hydrogens is 442 g/mol. The fourth-order valence-electron chi connectivity index (χ4n) is 3.45. The summed E-state index contributed by atoms with van der Waals surface area (Å²) in [6, 6.07) is 11.2. The van der Waals surface area contributed by atoms with E-state index >= 15 is 0 Å². The van der Waals surface area contributed by atoms with Gasteiger partial charge in [-0.1, -0.05) is 35.4 Å². The van der Waals surface area contributed by atoms with Crippen molar-refractivity contribution in [3.05, 3.63) is 47.5 Å². The average molecular weight is 464 g/mol. The number of halogens is 1. The van der Waals surface area contributed by atoms with Crippen LogP contribution in [0.25, 0.3) is 11.0 Å². The summed E-state index contributed by atoms with van der Waals surface area (Å²) < 4.78 is 27.5. The Balaban J connectivity index is 1.42. The monoisotopic (exact) mass is 463 g/mol. The lowest BCUT2D eigenvalue weighted by molar-refractivity contribution is -0.121. The van der Waals surface area contributed by atoms with E-state index in [1.54, 1.807) is 30.3 Å². The molecule has 9 nitrogen and oxygen atoms in total. The van der Waals surface area contributed by atoms with Gasteiger partial charge in [-0.2, -0.15) is 4.31 Å². The van der Waals surface area contributed by atoms with E-state index in [0.29, 0.717) is 34.8 Å². The average Bonchev–Trinajstić information content (AvgIpc) is 2.95. The first-order valence-electron chi connectivity index (χ1n) is 9.98. The fourth-order valence-corrected chi connectivity index (χ4v) is 5.18.